The highest BCUT2D eigenvalue weighted by Crippen LogP contribution is 2.13. The Morgan fingerprint density at radius 3 is 3.18 bits per heavy atom. The molecule has 22 heavy (non-hydrogen) atoms. The van der Waals surface area contributed by atoms with Crippen LogP contribution >= 0.6 is 11.8 Å². The molecule has 0 unspecified atom stereocenters. The SMILES string of the molecule is COCCCn1c(SCC(=O)NCc2ccco2)n[nH]c1=O. The Kier molecular flexibility index (Phi) is 6.28. The average molecular weight is 326 g/mol. The van der Waals surface area contributed by atoms with Crippen LogP contribution in [0.5, 0.6) is 0 Å². The molecular formula is C13H18N4O4S. The Labute approximate surface area is 131 Å². The number of nitrogens with one attached hydrogen (secondary N) is 2. The fourth-order valence-electron chi connectivity index (χ4n) is 1.76. The summed E-state index contributed by atoms with van der Waals surface area (Å²) in [6.45, 7) is 1.40. The quantitative estimate of drug-likeness (QED) is 0.517. The highest BCUT2D eigenvalue weighted by molar-refractivity contribution is 7.99. The molecule has 0 fully saturated rings. The van der Waals surface area contributed by atoms with Gasteiger partial charge in [-0.15, -0.1) is 5.10 Å². The fraction of sp³-hybridized carbons (Fsp3) is 0.462. The van der Waals surface area contributed by atoms with E-state index >= 15 is 0 Å². The molecule has 120 valence electrons. The maximum absolute atomic E-state index is 11.8. The van der Waals surface area contributed by atoms with Crippen molar-refractivity contribution in [1.29, 1.82) is 0 Å². The molecule has 0 aliphatic rings. The fourth-order valence-corrected chi connectivity index (χ4v) is 2.56. The minimum Gasteiger partial charge on any atom is -0.467 e. The summed E-state index contributed by atoms with van der Waals surface area (Å²) in [5.41, 5.74) is -0.283. The van der Waals surface area contributed by atoms with Crippen molar-refractivity contribution < 1.29 is 13.9 Å². The van der Waals surface area contributed by atoms with Gasteiger partial charge in [-0.1, -0.05) is 11.8 Å². The third-order valence-corrected chi connectivity index (χ3v) is 3.80. The molecule has 2 heterocycles. The zero-order valence-electron chi connectivity index (χ0n) is 12.2. The molecule has 2 aromatic rings. The van der Waals surface area contributed by atoms with Crippen molar-refractivity contribution in [2.45, 2.75) is 24.7 Å². The molecule has 2 rings (SSSR count). The highest BCUT2D eigenvalue weighted by Gasteiger charge is 2.11. The molecule has 1 amide bonds. The standard InChI is InChI=1S/C13H18N4O4S/c1-20-6-3-5-17-12(19)15-16-13(17)22-9-11(18)14-8-10-4-2-7-21-10/h2,4,7H,3,5-6,8-9H2,1H3,(H,14,18)(H,15,19). The van der Waals surface area contributed by atoms with E-state index in [0.717, 1.165) is 0 Å². The first kappa shape index (κ1) is 16.4. The minimum absolute atomic E-state index is 0.153. The predicted octanol–water partition coefficient (Wildman–Crippen LogP) is 0.609. The van der Waals surface area contributed by atoms with E-state index in [9.17, 15) is 9.59 Å². The van der Waals surface area contributed by atoms with Crippen molar-refractivity contribution in [1.82, 2.24) is 20.1 Å². The molecule has 0 aliphatic heterocycles. The summed E-state index contributed by atoms with van der Waals surface area (Å²) >= 11 is 1.21. The number of nitrogens with zero attached hydrogens (tertiary/aromatic N) is 2. The van der Waals surface area contributed by atoms with Crippen LogP contribution in [0.15, 0.2) is 32.8 Å². The minimum atomic E-state index is -0.283. The van der Waals surface area contributed by atoms with Gasteiger partial charge < -0.3 is 14.5 Å². The smallest absolute Gasteiger partial charge is 0.343 e. The van der Waals surface area contributed by atoms with Gasteiger partial charge in [0.2, 0.25) is 5.91 Å². The van der Waals surface area contributed by atoms with Crippen molar-refractivity contribution in [3.63, 3.8) is 0 Å². The van der Waals surface area contributed by atoms with E-state index in [-0.39, 0.29) is 17.3 Å². The number of aromatic amines is 1. The van der Waals surface area contributed by atoms with Gasteiger partial charge >= 0.3 is 5.69 Å². The van der Waals surface area contributed by atoms with Gasteiger partial charge in [-0.25, -0.2) is 9.89 Å². The van der Waals surface area contributed by atoms with E-state index < -0.39 is 0 Å². The summed E-state index contributed by atoms with van der Waals surface area (Å²) in [6, 6.07) is 3.55. The second-order valence-electron chi connectivity index (χ2n) is 4.45. The van der Waals surface area contributed by atoms with Crippen LogP contribution in [-0.2, 0) is 22.6 Å². The number of aromatic nitrogens is 3. The molecule has 0 aliphatic carbocycles. The van der Waals surface area contributed by atoms with Crippen molar-refractivity contribution in [3.05, 3.63) is 34.6 Å². The van der Waals surface area contributed by atoms with E-state index in [1.54, 1.807) is 25.5 Å². The molecule has 0 radical (unpaired) electrons. The molecule has 8 nitrogen and oxygen atoms in total. The maximum atomic E-state index is 11.8. The number of H-pyrrole nitrogens is 1. The van der Waals surface area contributed by atoms with Crippen molar-refractivity contribution in [2.75, 3.05) is 19.5 Å². The Balaban J connectivity index is 1.80. The topological polar surface area (TPSA) is 102 Å². The lowest BCUT2D eigenvalue weighted by molar-refractivity contribution is -0.118. The molecule has 0 saturated heterocycles. The molecule has 0 aromatic carbocycles. The lowest BCUT2D eigenvalue weighted by atomic mass is 10.4. The van der Waals surface area contributed by atoms with Crippen LogP contribution in [0.3, 0.4) is 0 Å². The molecule has 0 atom stereocenters. The average Bonchev–Trinajstić information content (AvgIpc) is 3.14. The third kappa shape index (κ3) is 4.78. The van der Waals surface area contributed by atoms with Crippen LogP contribution in [0.4, 0.5) is 0 Å². The summed E-state index contributed by atoms with van der Waals surface area (Å²) in [6.07, 6.45) is 2.26. The number of carbonyl (C=O) groups is 1. The predicted molar refractivity (Wildman–Crippen MR) is 80.6 cm³/mol. The normalized spacial score (nSPS) is 10.8. The molecule has 0 spiro atoms. The lowest BCUT2D eigenvalue weighted by Crippen LogP contribution is -2.25. The van der Waals surface area contributed by atoms with Crippen LogP contribution < -0.4 is 11.0 Å². The van der Waals surface area contributed by atoms with Gasteiger partial charge in [0, 0.05) is 20.3 Å². The van der Waals surface area contributed by atoms with E-state index in [0.29, 0.717) is 37.0 Å². The second-order valence-corrected chi connectivity index (χ2v) is 5.40. The van der Waals surface area contributed by atoms with Crippen molar-refractivity contribution >= 4 is 17.7 Å². The van der Waals surface area contributed by atoms with Crippen molar-refractivity contribution in [3.8, 4) is 0 Å². The number of furan rings is 1. The number of hydrogen-bond acceptors (Lipinski definition) is 6. The number of methoxy groups -OCH3 is 1. The summed E-state index contributed by atoms with van der Waals surface area (Å²) in [5.74, 6) is 0.713. The van der Waals surface area contributed by atoms with Gasteiger partial charge in [0.1, 0.15) is 5.76 Å². The molecule has 9 heteroatoms. The molecule has 2 N–H and O–H groups in total. The van der Waals surface area contributed by atoms with Gasteiger partial charge in [0.25, 0.3) is 0 Å². The monoisotopic (exact) mass is 326 g/mol. The third-order valence-electron chi connectivity index (χ3n) is 2.83. The van der Waals surface area contributed by atoms with Crippen LogP contribution in [-0.4, -0.2) is 40.1 Å². The Morgan fingerprint density at radius 2 is 2.45 bits per heavy atom. The van der Waals surface area contributed by atoms with E-state index in [1.165, 1.54) is 16.3 Å². The van der Waals surface area contributed by atoms with Gasteiger partial charge in [-0.2, -0.15) is 0 Å². The number of hydrogen-bond donors (Lipinski definition) is 2. The maximum Gasteiger partial charge on any atom is 0.343 e. The summed E-state index contributed by atoms with van der Waals surface area (Å²) < 4.78 is 11.6. The van der Waals surface area contributed by atoms with Gasteiger partial charge in [-0.05, 0) is 18.6 Å². The number of thioether (sulfide) groups is 1. The Morgan fingerprint density at radius 1 is 1.59 bits per heavy atom. The first-order chi connectivity index (χ1) is 10.7. The zero-order chi connectivity index (χ0) is 15.8. The molecule has 2 aromatic heterocycles. The van der Waals surface area contributed by atoms with Crippen molar-refractivity contribution in [2.24, 2.45) is 0 Å². The Bertz CT molecular complexity index is 635. The van der Waals surface area contributed by atoms with E-state index in [2.05, 4.69) is 15.5 Å². The first-order valence-corrected chi connectivity index (χ1v) is 7.75. The van der Waals surface area contributed by atoms with E-state index in [1.807, 2.05) is 0 Å². The molecule has 0 saturated carbocycles. The number of carbonyl (C=O) groups excluding carboxylic acids is 1. The first-order valence-electron chi connectivity index (χ1n) is 6.76. The van der Waals surface area contributed by atoms with Crippen LogP contribution in [0.1, 0.15) is 12.2 Å². The lowest BCUT2D eigenvalue weighted by Gasteiger charge is -2.05. The summed E-state index contributed by atoms with van der Waals surface area (Å²) in [4.78, 5) is 23.4. The van der Waals surface area contributed by atoms with Gasteiger partial charge in [0.15, 0.2) is 5.16 Å². The van der Waals surface area contributed by atoms with Crippen LogP contribution in [0.25, 0.3) is 0 Å². The highest BCUT2D eigenvalue weighted by atomic mass is 32.2. The van der Waals surface area contributed by atoms with Gasteiger partial charge in [0.05, 0.1) is 18.6 Å². The van der Waals surface area contributed by atoms with Crippen LogP contribution in [0, 0.1) is 0 Å². The second kappa shape index (κ2) is 8.44. The number of ether oxygens (including phenoxy) is 1. The molecule has 0 bridgehead atoms. The summed E-state index contributed by atoms with van der Waals surface area (Å²) in [5, 5.41) is 9.55. The number of rotatable bonds is 9. The van der Waals surface area contributed by atoms with Crippen LogP contribution in [0.2, 0.25) is 0 Å². The zero-order valence-corrected chi connectivity index (χ0v) is 13.0. The number of amides is 1. The van der Waals surface area contributed by atoms with Gasteiger partial charge in [-0.3, -0.25) is 9.36 Å². The Hall–Kier alpha value is -2.00. The van der Waals surface area contributed by atoms with E-state index in [4.69, 9.17) is 9.15 Å². The largest absolute Gasteiger partial charge is 0.467 e. The molecular weight excluding hydrogens is 308 g/mol. The summed E-state index contributed by atoms with van der Waals surface area (Å²) in [7, 11) is 1.61.